The molecule has 0 amide bonds. The Labute approximate surface area is 209 Å². The molecule has 13 heteroatoms. The van der Waals surface area contributed by atoms with Gasteiger partial charge in [-0.25, -0.2) is 13.7 Å². The minimum Gasteiger partial charge on any atom is -0.475 e. The summed E-state index contributed by atoms with van der Waals surface area (Å²) >= 11 is 0. The number of alkyl halides is 3. The molecule has 37 heavy (non-hydrogen) atoms. The van der Waals surface area contributed by atoms with Crippen molar-refractivity contribution < 1.29 is 27.5 Å². The lowest BCUT2D eigenvalue weighted by Gasteiger charge is -2.38. The van der Waals surface area contributed by atoms with Crippen molar-refractivity contribution in [2.45, 2.75) is 18.8 Å². The third-order valence-corrected chi connectivity index (χ3v) is 6.05. The van der Waals surface area contributed by atoms with E-state index in [2.05, 4.69) is 38.5 Å². The predicted molar refractivity (Wildman–Crippen MR) is 126 cm³/mol. The smallest absolute Gasteiger partial charge is 0.475 e. The van der Waals surface area contributed by atoms with Gasteiger partial charge in [0.15, 0.2) is 0 Å². The molecule has 1 fully saturated rings. The van der Waals surface area contributed by atoms with Crippen LogP contribution in [0.5, 0.6) is 0 Å². The number of nitrogens with zero attached hydrogens (tertiary/aromatic N) is 7. The summed E-state index contributed by atoms with van der Waals surface area (Å²) in [5, 5.41) is 20.3. The van der Waals surface area contributed by atoms with Crippen LogP contribution in [0.3, 0.4) is 0 Å². The van der Waals surface area contributed by atoms with Gasteiger partial charge in [0, 0.05) is 56.7 Å². The number of aliphatic carboxylic acids is 1. The molecule has 1 saturated heterocycles. The summed E-state index contributed by atoms with van der Waals surface area (Å²) in [6.07, 6.45) is 0.820. The van der Waals surface area contributed by atoms with Gasteiger partial charge in [0.05, 0.1) is 17.8 Å². The van der Waals surface area contributed by atoms with Crippen LogP contribution in [-0.4, -0.2) is 78.3 Å². The highest BCUT2D eigenvalue weighted by Gasteiger charge is 2.38. The van der Waals surface area contributed by atoms with Crippen LogP contribution < -0.4 is 0 Å². The van der Waals surface area contributed by atoms with Crippen molar-refractivity contribution in [1.29, 1.82) is 0 Å². The predicted octanol–water partition coefficient (Wildman–Crippen LogP) is 3.39. The summed E-state index contributed by atoms with van der Waals surface area (Å²) in [5.41, 5.74) is 4.91. The van der Waals surface area contributed by atoms with Crippen molar-refractivity contribution >= 4 is 11.5 Å². The summed E-state index contributed by atoms with van der Waals surface area (Å²) in [5.74, 6) is -3.00. The third-order valence-electron chi connectivity index (χ3n) is 6.05. The van der Waals surface area contributed by atoms with Crippen molar-refractivity contribution in [2.24, 2.45) is 7.05 Å². The fourth-order valence-corrected chi connectivity index (χ4v) is 4.17. The highest BCUT2D eigenvalue weighted by molar-refractivity contribution is 5.73. The maximum atomic E-state index is 13.6. The molecule has 0 bridgehead atoms. The number of halogens is 4. The molecule has 4 aromatic rings. The van der Waals surface area contributed by atoms with Gasteiger partial charge in [0.1, 0.15) is 11.5 Å². The Balaban J connectivity index is 0.000000405. The average Bonchev–Trinajstić information content (AvgIpc) is 3.45. The quantitative estimate of drug-likeness (QED) is 0.414. The summed E-state index contributed by atoms with van der Waals surface area (Å²) in [4.78, 5) is 13.7. The molecule has 0 spiro atoms. The van der Waals surface area contributed by atoms with E-state index in [1.165, 1.54) is 17.7 Å². The number of carboxylic acids is 1. The topological polar surface area (TPSA) is 91.8 Å². The lowest BCUT2D eigenvalue weighted by atomic mass is 10.1. The van der Waals surface area contributed by atoms with E-state index in [1.54, 1.807) is 10.6 Å². The number of likely N-dealkylation sites (N-methyl/N-ethyl adjacent to an activating group) is 1. The van der Waals surface area contributed by atoms with E-state index < -0.39 is 12.1 Å². The average molecular weight is 520 g/mol. The van der Waals surface area contributed by atoms with Gasteiger partial charge in [-0.2, -0.15) is 18.3 Å². The lowest BCUT2D eigenvalue weighted by molar-refractivity contribution is -0.192. The molecule has 3 aromatic heterocycles. The largest absolute Gasteiger partial charge is 0.490 e. The Morgan fingerprint density at radius 1 is 1.11 bits per heavy atom. The normalized spacial score (nSPS) is 17.0. The van der Waals surface area contributed by atoms with Crippen molar-refractivity contribution in [2.75, 3.05) is 26.7 Å². The van der Waals surface area contributed by atoms with Gasteiger partial charge >= 0.3 is 12.1 Å². The fraction of sp³-hybridized carbons (Fsp3) is 0.333. The number of piperazine rings is 1. The van der Waals surface area contributed by atoms with Crippen molar-refractivity contribution in [3.05, 3.63) is 72.1 Å². The lowest BCUT2D eigenvalue weighted by Crippen LogP contribution is -2.46. The standard InChI is InChI=1S/C22H24FN7.C2HF3O2/c1-27-8-9-29(13-16-11-24-28(2)12-16)15-21(27)22-20-7-6-18(14-30(20)26-25-22)17-4-3-5-19(23)10-17;3-2(4,5)1(6)7/h3-7,10-12,14,21H,8-9,13,15H2,1-2H3;(H,6,7). The van der Waals surface area contributed by atoms with E-state index in [4.69, 9.17) is 9.90 Å². The van der Waals surface area contributed by atoms with Crippen LogP contribution >= 0.6 is 0 Å². The van der Waals surface area contributed by atoms with Gasteiger partial charge in [0.25, 0.3) is 0 Å². The van der Waals surface area contributed by atoms with E-state index in [-0.39, 0.29) is 11.9 Å². The number of hydrogen-bond acceptors (Lipinski definition) is 6. The van der Waals surface area contributed by atoms with Crippen LogP contribution in [0.4, 0.5) is 17.6 Å². The maximum absolute atomic E-state index is 13.6. The Kier molecular flexibility index (Phi) is 7.55. The molecular formula is C24H25F4N7O2. The monoisotopic (exact) mass is 519 g/mol. The third kappa shape index (κ3) is 6.30. The Morgan fingerprint density at radius 3 is 2.51 bits per heavy atom. The minimum atomic E-state index is -5.08. The first-order valence-corrected chi connectivity index (χ1v) is 11.3. The van der Waals surface area contributed by atoms with Crippen molar-refractivity contribution in [3.8, 4) is 11.1 Å². The fourth-order valence-electron chi connectivity index (χ4n) is 4.17. The van der Waals surface area contributed by atoms with Crippen molar-refractivity contribution in [1.82, 2.24) is 34.4 Å². The Hall–Kier alpha value is -3.84. The number of aromatic nitrogens is 5. The van der Waals surface area contributed by atoms with E-state index in [0.29, 0.717) is 0 Å². The number of rotatable bonds is 4. The maximum Gasteiger partial charge on any atom is 0.490 e. The molecule has 1 aromatic carbocycles. The van der Waals surface area contributed by atoms with Crippen LogP contribution in [0.15, 0.2) is 55.0 Å². The van der Waals surface area contributed by atoms with Crippen LogP contribution in [0.2, 0.25) is 0 Å². The molecule has 1 aliphatic rings. The van der Waals surface area contributed by atoms with Gasteiger partial charge in [0.2, 0.25) is 0 Å². The van der Waals surface area contributed by atoms with Gasteiger partial charge in [-0.05, 0) is 30.8 Å². The summed E-state index contributed by atoms with van der Waals surface area (Å²) in [7, 11) is 4.08. The zero-order valence-corrected chi connectivity index (χ0v) is 20.1. The van der Waals surface area contributed by atoms with Gasteiger partial charge in [-0.1, -0.05) is 23.4 Å². The molecule has 5 rings (SSSR count). The molecular weight excluding hydrogens is 494 g/mol. The number of benzene rings is 1. The van der Waals surface area contributed by atoms with E-state index in [9.17, 15) is 17.6 Å². The second kappa shape index (κ2) is 10.6. The molecule has 196 valence electrons. The first kappa shape index (κ1) is 26.2. The molecule has 1 aliphatic heterocycles. The molecule has 4 heterocycles. The summed E-state index contributed by atoms with van der Waals surface area (Å²) < 4.78 is 49.0. The molecule has 0 saturated carbocycles. The van der Waals surface area contributed by atoms with Gasteiger partial charge < -0.3 is 5.11 Å². The summed E-state index contributed by atoms with van der Waals surface area (Å²) in [6.45, 7) is 3.72. The highest BCUT2D eigenvalue weighted by atomic mass is 19.4. The zero-order chi connectivity index (χ0) is 26.7. The van der Waals surface area contributed by atoms with Gasteiger partial charge in [-0.15, -0.1) is 5.10 Å². The number of carbonyl (C=O) groups is 1. The number of carboxylic acid groups (broad SMARTS) is 1. The molecule has 9 nitrogen and oxygen atoms in total. The second-order valence-corrected chi connectivity index (χ2v) is 8.79. The molecule has 0 radical (unpaired) electrons. The number of pyridine rings is 1. The van der Waals surface area contributed by atoms with Crippen LogP contribution in [-0.2, 0) is 18.4 Å². The first-order valence-electron chi connectivity index (χ1n) is 11.3. The second-order valence-electron chi connectivity index (χ2n) is 8.79. The van der Waals surface area contributed by atoms with Gasteiger partial charge in [-0.3, -0.25) is 14.5 Å². The van der Waals surface area contributed by atoms with Crippen molar-refractivity contribution in [3.63, 3.8) is 0 Å². The number of aryl methyl sites for hydroxylation is 1. The Morgan fingerprint density at radius 2 is 1.86 bits per heavy atom. The SMILES string of the molecule is CN1CCN(Cc2cnn(C)c2)CC1c1nnn2cc(-c3cccc(F)c3)ccc12.O=C(O)C(F)(F)F. The number of hydrogen-bond donors (Lipinski definition) is 1. The molecule has 1 N–H and O–H groups in total. The number of fused-ring (bicyclic) bond motifs is 1. The molecule has 1 unspecified atom stereocenters. The zero-order valence-electron chi connectivity index (χ0n) is 20.1. The molecule has 0 aliphatic carbocycles. The van der Waals surface area contributed by atoms with Crippen LogP contribution in [0.25, 0.3) is 16.6 Å². The van der Waals surface area contributed by atoms with Crippen LogP contribution in [0, 0.1) is 5.82 Å². The highest BCUT2D eigenvalue weighted by Crippen LogP contribution is 2.28. The first-order chi connectivity index (χ1) is 17.5. The minimum absolute atomic E-state index is 0.160. The van der Waals surface area contributed by atoms with Crippen LogP contribution in [0.1, 0.15) is 17.3 Å². The summed E-state index contributed by atoms with van der Waals surface area (Å²) in [6, 6.07) is 10.8. The van der Waals surface area contributed by atoms with E-state index in [0.717, 1.165) is 48.5 Å². The van der Waals surface area contributed by atoms with E-state index in [1.807, 2.05) is 42.3 Å². The Bertz CT molecular complexity index is 1380. The van der Waals surface area contributed by atoms with E-state index >= 15 is 0 Å². The molecule has 1 atom stereocenters.